The number of benzene rings is 1. The van der Waals surface area contributed by atoms with Gasteiger partial charge in [0.15, 0.2) is 17.3 Å². The number of aromatic nitrogens is 4. The Morgan fingerprint density at radius 1 is 1.12 bits per heavy atom. The first-order chi connectivity index (χ1) is 12.3. The molecule has 0 unspecified atom stereocenters. The molecule has 0 spiro atoms. The Hall–Kier alpha value is -3.26. The number of thiazole rings is 1. The molecule has 0 N–H and O–H groups in total. The lowest BCUT2D eigenvalue weighted by molar-refractivity contribution is 0.174. The van der Waals surface area contributed by atoms with E-state index in [4.69, 9.17) is 9.47 Å². The predicted molar refractivity (Wildman–Crippen MR) is 91.7 cm³/mol. The van der Waals surface area contributed by atoms with Crippen molar-refractivity contribution in [1.82, 2.24) is 19.6 Å². The Morgan fingerprint density at radius 3 is 2.80 bits per heavy atom. The van der Waals surface area contributed by atoms with Gasteiger partial charge in [0.25, 0.3) is 5.56 Å². The van der Waals surface area contributed by atoms with Gasteiger partial charge in [0.2, 0.25) is 11.8 Å². The minimum Gasteiger partial charge on any atom is -0.454 e. The Morgan fingerprint density at radius 2 is 1.96 bits per heavy atom. The lowest BCUT2D eigenvalue weighted by Crippen LogP contribution is -2.23. The summed E-state index contributed by atoms with van der Waals surface area (Å²) in [6, 6.07) is 9.18. The van der Waals surface area contributed by atoms with Crippen LogP contribution < -0.4 is 19.6 Å². The molecule has 5 rings (SSSR count). The van der Waals surface area contributed by atoms with E-state index in [-0.39, 0.29) is 12.4 Å². The summed E-state index contributed by atoms with van der Waals surface area (Å²) in [6.07, 6.45) is 5.14. The second-order valence-corrected chi connectivity index (χ2v) is 6.40. The van der Waals surface area contributed by atoms with Crippen LogP contribution in [0.25, 0.3) is 22.4 Å². The van der Waals surface area contributed by atoms with Gasteiger partial charge >= 0.3 is 0 Å². The Bertz CT molecular complexity index is 1200. The highest BCUT2D eigenvalue weighted by Gasteiger charge is 2.14. The number of pyridine rings is 1. The number of rotatable bonds is 2. The van der Waals surface area contributed by atoms with Crippen LogP contribution in [0.5, 0.6) is 11.5 Å². The average molecular weight is 350 g/mol. The number of hydrogen-bond donors (Lipinski definition) is 0. The second kappa shape index (κ2) is 5.38. The van der Waals surface area contributed by atoms with E-state index in [1.54, 1.807) is 18.5 Å². The first kappa shape index (κ1) is 14.1. The molecule has 25 heavy (non-hydrogen) atoms. The molecule has 0 saturated carbocycles. The van der Waals surface area contributed by atoms with Crippen molar-refractivity contribution in [2.24, 2.45) is 0 Å². The van der Waals surface area contributed by atoms with E-state index in [2.05, 4.69) is 15.1 Å². The molecule has 1 aliphatic heterocycles. The summed E-state index contributed by atoms with van der Waals surface area (Å²) in [5.41, 5.74) is 1.50. The van der Waals surface area contributed by atoms with Gasteiger partial charge in [-0.15, -0.1) is 5.10 Å². The molecule has 1 aliphatic rings. The minimum absolute atomic E-state index is 0.189. The SMILES string of the molecule is O=c1c(=Cc2ccc3c(c2)OCO3)sc2nc(-c3ccncc3)nn12. The monoisotopic (exact) mass is 350 g/mol. The van der Waals surface area contributed by atoms with Gasteiger partial charge in [-0.1, -0.05) is 17.4 Å². The van der Waals surface area contributed by atoms with Crippen LogP contribution in [0, 0.1) is 0 Å². The maximum absolute atomic E-state index is 12.6. The van der Waals surface area contributed by atoms with Gasteiger partial charge in [0.05, 0.1) is 4.53 Å². The zero-order valence-corrected chi connectivity index (χ0v) is 13.6. The normalized spacial score (nSPS) is 13.7. The van der Waals surface area contributed by atoms with E-state index in [0.29, 0.717) is 26.8 Å². The summed E-state index contributed by atoms with van der Waals surface area (Å²) in [5, 5.41) is 4.31. The minimum atomic E-state index is -0.189. The van der Waals surface area contributed by atoms with Crippen LogP contribution in [0.2, 0.25) is 0 Å². The molecule has 4 aromatic rings. The van der Waals surface area contributed by atoms with Crippen LogP contribution in [0.3, 0.4) is 0 Å². The standard InChI is InChI=1S/C17H10N4O3S/c22-16-14(8-10-1-2-12-13(7-10)24-9-23-12)25-17-19-15(20-21(16)17)11-3-5-18-6-4-11/h1-8H,9H2. The molecule has 0 fully saturated rings. The Kier molecular flexibility index (Phi) is 3.04. The second-order valence-electron chi connectivity index (χ2n) is 5.39. The van der Waals surface area contributed by atoms with Crippen molar-refractivity contribution in [3.8, 4) is 22.9 Å². The Balaban J connectivity index is 1.60. The van der Waals surface area contributed by atoms with E-state index in [1.807, 2.05) is 30.3 Å². The fraction of sp³-hybridized carbons (Fsp3) is 0.0588. The fourth-order valence-corrected chi connectivity index (χ4v) is 3.52. The molecule has 0 radical (unpaired) electrons. The average Bonchev–Trinajstić information content (AvgIpc) is 3.33. The van der Waals surface area contributed by atoms with Crippen molar-refractivity contribution in [1.29, 1.82) is 0 Å². The number of fused-ring (bicyclic) bond motifs is 2. The summed E-state index contributed by atoms with van der Waals surface area (Å²) in [4.78, 5) is 21.6. The summed E-state index contributed by atoms with van der Waals surface area (Å²) in [6.45, 7) is 0.222. The summed E-state index contributed by atoms with van der Waals surface area (Å²) in [7, 11) is 0. The summed E-state index contributed by atoms with van der Waals surface area (Å²) < 4.78 is 12.6. The predicted octanol–water partition coefficient (Wildman–Crippen LogP) is 1.49. The third-order valence-electron chi connectivity index (χ3n) is 3.81. The molecule has 8 heteroatoms. The van der Waals surface area contributed by atoms with Gasteiger partial charge in [-0.3, -0.25) is 9.78 Å². The van der Waals surface area contributed by atoms with E-state index in [9.17, 15) is 4.79 Å². The van der Waals surface area contributed by atoms with E-state index in [0.717, 1.165) is 11.1 Å². The molecule has 3 aromatic heterocycles. The van der Waals surface area contributed by atoms with E-state index in [1.165, 1.54) is 15.9 Å². The van der Waals surface area contributed by atoms with Gasteiger partial charge in [-0.25, -0.2) is 0 Å². The van der Waals surface area contributed by atoms with Crippen molar-refractivity contribution >= 4 is 22.4 Å². The molecule has 0 aliphatic carbocycles. The van der Waals surface area contributed by atoms with Crippen LogP contribution in [0.15, 0.2) is 47.5 Å². The van der Waals surface area contributed by atoms with E-state index >= 15 is 0 Å². The van der Waals surface area contributed by atoms with Gasteiger partial charge in [-0.05, 0) is 35.9 Å². The summed E-state index contributed by atoms with van der Waals surface area (Å²) in [5.74, 6) is 1.91. The molecular weight excluding hydrogens is 340 g/mol. The van der Waals surface area contributed by atoms with Crippen LogP contribution >= 0.6 is 11.3 Å². The summed E-state index contributed by atoms with van der Waals surface area (Å²) >= 11 is 1.30. The molecule has 122 valence electrons. The van der Waals surface area contributed by atoms with Gasteiger partial charge in [0, 0.05) is 18.0 Å². The van der Waals surface area contributed by atoms with Crippen molar-refractivity contribution in [3.63, 3.8) is 0 Å². The number of nitrogens with zero attached hydrogens (tertiary/aromatic N) is 4. The quantitative estimate of drug-likeness (QED) is 0.545. The molecular formula is C17H10N4O3S. The topological polar surface area (TPSA) is 78.6 Å². The molecule has 0 saturated heterocycles. The van der Waals surface area contributed by atoms with Crippen LogP contribution in [0.1, 0.15) is 5.56 Å². The zero-order chi connectivity index (χ0) is 16.8. The fourth-order valence-electron chi connectivity index (χ4n) is 2.61. The number of ether oxygens (including phenoxy) is 2. The third-order valence-corrected chi connectivity index (χ3v) is 4.77. The largest absolute Gasteiger partial charge is 0.454 e. The van der Waals surface area contributed by atoms with Gasteiger partial charge < -0.3 is 9.47 Å². The maximum atomic E-state index is 12.6. The Labute approximate surface area is 144 Å². The molecule has 0 atom stereocenters. The molecule has 4 heterocycles. The first-order valence-corrected chi connectivity index (χ1v) is 8.31. The van der Waals surface area contributed by atoms with Crippen LogP contribution in [-0.4, -0.2) is 26.4 Å². The highest BCUT2D eigenvalue weighted by Crippen LogP contribution is 2.32. The highest BCUT2D eigenvalue weighted by molar-refractivity contribution is 7.15. The molecule has 0 bridgehead atoms. The van der Waals surface area contributed by atoms with Crippen LogP contribution in [0.4, 0.5) is 0 Å². The zero-order valence-electron chi connectivity index (χ0n) is 12.7. The van der Waals surface area contributed by atoms with Gasteiger partial charge in [-0.2, -0.15) is 9.50 Å². The van der Waals surface area contributed by atoms with Crippen LogP contribution in [-0.2, 0) is 0 Å². The lowest BCUT2D eigenvalue weighted by atomic mass is 10.2. The van der Waals surface area contributed by atoms with Crippen molar-refractivity contribution in [2.75, 3.05) is 6.79 Å². The van der Waals surface area contributed by atoms with Crippen molar-refractivity contribution in [3.05, 3.63) is 63.2 Å². The van der Waals surface area contributed by atoms with E-state index < -0.39 is 0 Å². The van der Waals surface area contributed by atoms with Crippen molar-refractivity contribution in [2.45, 2.75) is 0 Å². The van der Waals surface area contributed by atoms with Crippen molar-refractivity contribution < 1.29 is 9.47 Å². The smallest absolute Gasteiger partial charge is 0.291 e. The van der Waals surface area contributed by atoms with Gasteiger partial charge in [0.1, 0.15) is 0 Å². The molecule has 1 aromatic carbocycles. The third kappa shape index (κ3) is 2.34. The lowest BCUT2D eigenvalue weighted by Gasteiger charge is -1.96. The maximum Gasteiger partial charge on any atom is 0.291 e. The molecule has 0 amide bonds. The highest BCUT2D eigenvalue weighted by atomic mass is 32.1. The first-order valence-electron chi connectivity index (χ1n) is 7.49. The molecule has 7 nitrogen and oxygen atoms in total. The number of hydrogen-bond acceptors (Lipinski definition) is 7.